The molecule has 2 N–H and O–H groups in total. The van der Waals surface area contributed by atoms with E-state index in [1.54, 1.807) is 7.11 Å². The minimum absolute atomic E-state index is 0.0880. The Balaban J connectivity index is 2.19. The normalized spacial score (nSPS) is 18.4. The third-order valence-electron chi connectivity index (χ3n) is 3.96. The zero-order valence-electron chi connectivity index (χ0n) is 12.4. The molecular formula is C16H24N2O2. The molecule has 0 spiro atoms. The SMILES string of the molecule is COc1ccc(C)cc1C(=O)N1CCCC1CCCN. The highest BCUT2D eigenvalue weighted by Crippen LogP contribution is 2.27. The Morgan fingerprint density at radius 2 is 2.30 bits per heavy atom. The third-order valence-corrected chi connectivity index (χ3v) is 3.96. The van der Waals surface area contributed by atoms with Crippen LogP contribution in [-0.4, -0.2) is 37.0 Å². The fourth-order valence-corrected chi connectivity index (χ4v) is 2.90. The highest BCUT2D eigenvalue weighted by Gasteiger charge is 2.30. The number of nitrogens with two attached hydrogens (primary N) is 1. The van der Waals surface area contributed by atoms with Crippen LogP contribution in [0.4, 0.5) is 0 Å². The molecule has 110 valence electrons. The standard InChI is InChI=1S/C16H24N2O2/c1-12-7-8-15(20-2)14(11-12)16(19)18-10-4-6-13(18)5-3-9-17/h7-8,11,13H,3-6,9-10,17H2,1-2H3. The third kappa shape index (κ3) is 3.12. The molecule has 20 heavy (non-hydrogen) atoms. The molecule has 1 aliphatic rings. The number of hydrogen-bond donors (Lipinski definition) is 1. The van der Waals surface area contributed by atoms with E-state index < -0.39 is 0 Å². The minimum atomic E-state index is 0.0880. The Labute approximate surface area is 120 Å². The van der Waals surface area contributed by atoms with E-state index in [9.17, 15) is 4.79 Å². The summed E-state index contributed by atoms with van der Waals surface area (Å²) in [6.07, 6.45) is 4.13. The number of benzene rings is 1. The number of carbonyl (C=O) groups excluding carboxylic acids is 1. The summed E-state index contributed by atoms with van der Waals surface area (Å²) in [5.74, 6) is 0.746. The van der Waals surface area contributed by atoms with Crippen molar-refractivity contribution in [1.29, 1.82) is 0 Å². The number of ether oxygens (including phenoxy) is 1. The summed E-state index contributed by atoms with van der Waals surface area (Å²) in [7, 11) is 1.61. The van der Waals surface area contributed by atoms with Gasteiger partial charge in [-0.25, -0.2) is 0 Å². The Kier molecular flexibility index (Phi) is 5.01. The van der Waals surface area contributed by atoms with Crippen molar-refractivity contribution in [3.63, 3.8) is 0 Å². The van der Waals surface area contributed by atoms with Gasteiger partial charge in [0.1, 0.15) is 5.75 Å². The molecule has 0 radical (unpaired) electrons. The van der Waals surface area contributed by atoms with Gasteiger partial charge < -0.3 is 15.4 Å². The summed E-state index contributed by atoms with van der Waals surface area (Å²) in [6.45, 7) is 3.52. The van der Waals surface area contributed by atoms with Crippen LogP contribution in [0.3, 0.4) is 0 Å². The van der Waals surface area contributed by atoms with Crippen LogP contribution in [0.2, 0.25) is 0 Å². The smallest absolute Gasteiger partial charge is 0.257 e. The van der Waals surface area contributed by atoms with Crippen LogP contribution in [0.15, 0.2) is 18.2 Å². The van der Waals surface area contributed by atoms with Gasteiger partial charge in [-0.15, -0.1) is 0 Å². The number of nitrogens with zero attached hydrogens (tertiary/aromatic N) is 1. The zero-order chi connectivity index (χ0) is 14.5. The van der Waals surface area contributed by atoms with Crippen LogP contribution in [0.25, 0.3) is 0 Å². The van der Waals surface area contributed by atoms with E-state index in [1.165, 1.54) is 0 Å². The molecule has 1 atom stereocenters. The molecule has 0 saturated carbocycles. The monoisotopic (exact) mass is 276 g/mol. The fraction of sp³-hybridized carbons (Fsp3) is 0.562. The first-order chi connectivity index (χ1) is 9.67. The molecule has 1 aliphatic heterocycles. The van der Waals surface area contributed by atoms with E-state index in [1.807, 2.05) is 30.0 Å². The van der Waals surface area contributed by atoms with Crippen molar-refractivity contribution in [2.75, 3.05) is 20.2 Å². The molecule has 0 aromatic heterocycles. The van der Waals surface area contributed by atoms with E-state index in [4.69, 9.17) is 10.5 Å². The highest BCUT2D eigenvalue weighted by molar-refractivity contribution is 5.97. The van der Waals surface area contributed by atoms with Crippen LogP contribution in [-0.2, 0) is 0 Å². The van der Waals surface area contributed by atoms with Crippen molar-refractivity contribution in [2.24, 2.45) is 5.73 Å². The van der Waals surface area contributed by atoms with Crippen molar-refractivity contribution in [3.8, 4) is 5.75 Å². The summed E-state index contributed by atoms with van der Waals surface area (Å²) in [5, 5.41) is 0. The number of likely N-dealkylation sites (tertiary alicyclic amines) is 1. The second kappa shape index (κ2) is 6.75. The number of amides is 1. The van der Waals surface area contributed by atoms with Gasteiger partial charge >= 0.3 is 0 Å². The largest absolute Gasteiger partial charge is 0.496 e. The first kappa shape index (κ1) is 14.9. The number of hydrogen-bond acceptors (Lipinski definition) is 3. The Morgan fingerprint density at radius 1 is 1.50 bits per heavy atom. The molecule has 1 fully saturated rings. The molecule has 4 heteroatoms. The predicted octanol–water partition coefficient (Wildman–Crippen LogP) is 2.35. The number of aryl methyl sites for hydroxylation is 1. The van der Waals surface area contributed by atoms with Crippen molar-refractivity contribution in [1.82, 2.24) is 4.90 Å². The average Bonchev–Trinajstić information content (AvgIpc) is 2.92. The average molecular weight is 276 g/mol. The highest BCUT2D eigenvalue weighted by atomic mass is 16.5. The Bertz CT molecular complexity index is 474. The van der Waals surface area contributed by atoms with Gasteiger partial charge in [0.15, 0.2) is 0 Å². The van der Waals surface area contributed by atoms with Crippen LogP contribution in [0.5, 0.6) is 5.75 Å². The summed E-state index contributed by atoms with van der Waals surface area (Å²) in [5.41, 5.74) is 7.33. The molecule has 4 nitrogen and oxygen atoms in total. The molecule has 2 rings (SSSR count). The molecule has 0 bridgehead atoms. The lowest BCUT2D eigenvalue weighted by atomic mass is 10.1. The Hall–Kier alpha value is -1.55. The van der Waals surface area contributed by atoms with Gasteiger partial charge in [0.05, 0.1) is 12.7 Å². The fourth-order valence-electron chi connectivity index (χ4n) is 2.90. The van der Waals surface area contributed by atoms with E-state index in [2.05, 4.69) is 0 Å². The molecule has 1 aromatic carbocycles. The second-order valence-electron chi connectivity index (χ2n) is 5.43. The summed E-state index contributed by atoms with van der Waals surface area (Å²) in [4.78, 5) is 14.8. The van der Waals surface area contributed by atoms with E-state index in [0.717, 1.165) is 37.8 Å². The molecule has 1 unspecified atom stereocenters. The topological polar surface area (TPSA) is 55.6 Å². The predicted molar refractivity (Wildman–Crippen MR) is 80.1 cm³/mol. The van der Waals surface area contributed by atoms with Gasteiger partial charge in [-0.1, -0.05) is 11.6 Å². The lowest BCUT2D eigenvalue weighted by Crippen LogP contribution is -2.36. The van der Waals surface area contributed by atoms with E-state index >= 15 is 0 Å². The van der Waals surface area contributed by atoms with Gasteiger partial charge in [0, 0.05) is 12.6 Å². The minimum Gasteiger partial charge on any atom is -0.496 e. The van der Waals surface area contributed by atoms with Gasteiger partial charge in [-0.2, -0.15) is 0 Å². The van der Waals surface area contributed by atoms with Gasteiger partial charge in [-0.05, 0) is 51.3 Å². The summed E-state index contributed by atoms with van der Waals surface area (Å²) >= 11 is 0. The number of rotatable bonds is 5. The van der Waals surface area contributed by atoms with E-state index in [0.29, 0.717) is 23.9 Å². The first-order valence-electron chi connectivity index (χ1n) is 7.33. The van der Waals surface area contributed by atoms with Gasteiger partial charge in [0.2, 0.25) is 0 Å². The Morgan fingerprint density at radius 3 is 3.00 bits per heavy atom. The summed E-state index contributed by atoms with van der Waals surface area (Å²) in [6, 6.07) is 6.08. The van der Waals surface area contributed by atoms with Crippen LogP contribution in [0.1, 0.15) is 41.6 Å². The maximum absolute atomic E-state index is 12.8. The number of methoxy groups -OCH3 is 1. The lowest BCUT2D eigenvalue weighted by molar-refractivity contribution is 0.0726. The van der Waals surface area contributed by atoms with Crippen molar-refractivity contribution in [3.05, 3.63) is 29.3 Å². The lowest BCUT2D eigenvalue weighted by Gasteiger charge is -2.25. The molecule has 1 aromatic rings. The molecular weight excluding hydrogens is 252 g/mol. The quantitative estimate of drug-likeness (QED) is 0.898. The van der Waals surface area contributed by atoms with Crippen molar-refractivity contribution < 1.29 is 9.53 Å². The van der Waals surface area contributed by atoms with E-state index in [-0.39, 0.29) is 5.91 Å². The van der Waals surface area contributed by atoms with Crippen molar-refractivity contribution in [2.45, 2.75) is 38.6 Å². The maximum atomic E-state index is 12.8. The van der Waals surface area contributed by atoms with Gasteiger partial charge in [0.25, 0.3) is 5.91 Å². The first-order valence-corrected chi connectivity index (χ1v) is 7.33. The van der Waals surface area contributed by atoms with Crippen molar-refractivity contribution >= 4 is 5.91 Å². The molecule has 1 heterocycles. The molecule has 0 aliphatic carbocycles. The van der Waals surface area contributed by atoms with Crippen LogP contribution >= 0.6 is 0 Å². The molecule has 1 saturated heterocycles. The molecule has 1 amide bonds. The van der Waals surface area contributed by atoms with Crippen LogP contribution < -0.4 is 10.5 Å². The summed E-state index contributed by atoms with van der Waals surface area (Å²) < 4.78 is 5.33. The zero-order valence-corrected chi connectivity index (χ0v) is 12.4. The number of carbonyl (C=O) groups is 1. The van der Waals surface area contributed by atoms with Gasteiger partial charge in [-0.3, -0.25) is 4.79 Å². The second-order valence-corrected chi connectivity index (χ2v) is 5.43. The maximum Gasteiger partial charge on any atom is 0.257 e. The van der Waals surface area contributed by atoms with Crippen LogP contribution in [0, 0.1) is 6.92 Å².